The number of pyridine rings is 1. The summed E-state index contributed by atoms with van der Waals surface area (Å²) in [7, 11) is 0. The molecule has 2 saturated carbocycles. The highest BCUT2D eigenvalue weighted by Gasteiger charge is 2.59. The van der Waals surface area contributed by atoms with Gasteiger partial charge in [-0.05, 0) is 48.1 Å². The second-order valence-electron chi connectivity index (χ2n) is 7.30. The molecular formula is C16H23N3O. The number of hydrogen-bond acceptors (Lipinski definition) is 3. The van der Waals surface area contributed by atoms with Gasteiger partial charge >= 0.3 is 0 Å². The van der Waals surface area contributed by atoms with Crippen LogP contribution < -0.4 is 11.1 Å². The van der Waals surface area contributed by atoms with Gasteiger partial charge in [0.15, 0.2) is 0 Å². The van der Waals surface area contributed by atoms with E-state index in [4.69, 9.17) is 5.73 Å². The van der Waals surface area contributed by atoms with Crippen LogP contribution in [0.3, 0.4) is 0 Å². The van der Waals surface area contributed by atoms with Gasteiger partial charge in [-0.2, -0.15) is 0 Å². The Morgan fingerprint density at radius 2 is 2.20 bits per heavy atom. The molecule has 3 N–H and O–H groups in total. The summed E-state index contributed by atoms with van der Waals surface area (Å²) in [5.41, 5.74) is 7.09. The van der Waals surface area contributed by atoms with Crippen LogP contribution in [0.5, 0.6) is 0 Å². The van der Waals surface area contributed by atoms with Gasteiger partial charge in [-0.3, -0.25) is 9.78 Å². The zero-order valence-corrected chi connectivity index (χ0v) is 12.4. The standard InChI is InChI=1S/C16H23N3O/c1-15(2)10-4-6-16(3,9-10)14(15)19-13(20)12-8-11(17)5-7-18-12/h5,7-8,10,14H,4,6,9H2,1-3H3,(H2,17,18)(H,19,20). The number of nitrogen functional groups attached to an aromatic ring is 1. The quantitative estimate of drug-likeness (QED) is 0.870. The van der Waals surface area contributed by atoms with Gasteiger partial charge in [-0.25, -0.2) is 0 Å². The maximum Gasteiger partial charge on any atom is 0.270 e. The number of amides is 1. The molecule has 4 nitrogen and oxygen atoms in total. The van der Waals surface area contributed by atoms with Crippen LogP contribution in [0.2, 0.25) is 0 Å². The number of aromatic nitrogens is 1. The first-order valence-electron chi connectivity index (χ1n) is 7.35. The molecule has 0 aromatic carbocycles. The molecular weight excluding hydrogens is 250 g/mol. The van der Waals surface area contributed by atoms with Crippen LogP contribution in [-0.2, 0) is 0 Å². The van der Waals surface area contributed by atoms with Crippen molar-refractivity contribution in [1.82, 2.24) is 10.3 Å². The summed E-state index contributed by atoms with van der Waals surface area (Å²) in [5, 5.41) is 3.23. The van der Waals surface area contributed by atoms with Crippen molar-refractivity contribution >= 4 is 11.6 Å². The molecule has 0 aliphatic heterocycles. The molecule has 2 aliphatic rings. The van der Waals surface area contributed by atoms with Crippen LogP contribution >= 0.6 is 0 Å². The molecule has 108 valence electrons. The van der Waals surface area contributed by atoms with Crippen LogP contribution in [0.1, 0.15) is 50.5 Å². The molecule has 1 heterocycles. The third-order valence-corrected chi connectivity index (χ3v) is 5.56. The Morgan fingerprint density at radius 1 is 1.45 bits per heavy atom. The minimum atomic E-state index is -0.107. The highest BCUT2D eigenvalue weighted by molar-refractivity contribution is 5.93. The molecule has 3 unspecified atom stereocenters. The van der Waals surface area contributed by atoms with Crippen LogP contribution in [0.4, 0.5) is 5.69 Å². The second-order valence-corrected chi connectivity index (χ2v) is 7.30. The summed E-state index contributed by atoms with van der Waals surface area (Å²) in [5.74, 6) is 0.607. The van der Waals surface area contributed by atoms with Crippen LogP contribution in [0.15, 0.2) is 18.3 Å². The highest BCUT2D eigenvalue weighted by atomic mass is 16.2. The predicted molar refractivity (Wildman–Crippen MR) is 79.1 cm³/mol. The molecule has 3 rings (SSSR count). The SMILES string of the molecule is CC12CCC(C1)C(C)(C)C2NC(=O)c1cc(N)ccn1. The topological polar surface area (TPSA) is 68.0 Å². The van der Waals surface area contributed by atoms with E-state index in [-0.39, 0.29) is 22.8 Å². The molecule has 0 saturated heterocycles. The van der Waals surface area contributed by atoms with Crippen LogP contribution in [0.25, 0.3) is 0 Å². The van der Waals surface area contributed by atoms with Gasteiger partial charge in [0.1, 0.15) is 5.69 Å². The number of hydrogen-bond donors (Lipinski definition) is 2. The molecule has 4 heteroatoms. The molecule has 2 fully saturated rings. The van der Waals surface area contributed by atoms with Crippen molar-refractivity contribution in [2.24, 2.45) is 16.7 Å². The smallest absolute Gasteiger partial charge is 0.270 e. The fourth-order valence-corrected chi connectivity index (χ4v) is 4.44. The van der Waals surface area contributed by atoms with E-state index < -0.39 is 0 Å². The number of nitrogens with one attached hydrogen (secondary N) is 1. The number of carbonyl (C=O) groups excluding carboxylic acids is 1. The average Bonchev–Trinajstić information content (AvgIpc) is 2.85. The largest absolute Gasteiger partial charge is 0.399 e. The molecule has 2 aliphatic carbocycles. The van der Waals surface area contributed by atoms with E-state index in [9.17, 15) is 4.79 Å². The summed E-state index contributed by atoms with van der Waals surface area (Å²) >= 11 is 0. The Morgan fingerprint density at radius 3 is 2.80 bits per heavy atom. The number of rotatable bonds is 2. The maximum absolute atomic E-state index is 12.4. The van der Waals surface area contributed by atoms with Gasteiger partial charge in [0, 0.05) is 17.9 Å². The third-order valence-electron chi connectivity index (χ3n) is 5.56. The van der Waals surface area contributed by atoms with E-state index in [1.165, 1.54) is 19.3 Å². The van der Waals surface area contributed by atoms with E-state index in [2.05, 4.69) is 31.1 Å². The molecule has 20 heavy (non-hydrogen) atoms. The lowest BCUT2D eigenvalue weighted by molar-refractivity contribution is 0.0733. The van der Waals surface area contributed by atoms with E-state index in [0.29, 0.717) is 17.3 Å². The lowest BCUT2D eigenvalue weighted by Gasteiger charge is -2.43. The van der Waals surface area contributed by atoms with E-state index in [1.54, 1.807) is 18.3 Å². The highest BCUT2D eigenvalue weighted by Crippen LogP contribution is 2.62. The average molecular weight is 273 g/mol. The van der Waals surface area contributed by atoms with Gasteiger partial charge < -0.3 is 11.1 Å². The Balaban J connectivity index is 1.82. The third kappa shape index (κ3) is 1.89. The zero-order chi connectivity index (χ0) is 14.5. The first-order chi connectivity index (χ1) is 9.33. The van der Waals surface area contributed by atoms with Crippen molar-refractivity contribution in [1.29, 1.82) is 0 Å². The van der Waals surface area contributed by atoms with Gasteiger partial charge in [0.05, 0.1) is 0 Å². The van der Waals surface area contributed by atoms with Crippen molar-refractivity contribution in [2.75, 3.05) is 5.73 Å². The van der Waals surface area contributed by atoms with Crippen molar-refractivity contribution in [2.45, 2.75) is 46.1 Å². The van der Waals surface area contributed by atoms with E-state index in [0.717, 1.165) is 0 Å². The number of nitrogens with two attached hydrogens (primary N) is 1. The fraction of sp³-hybridized carbons (Fsp3) is 0.625. The van der Waals surface area contributed by atoms with Crippen LogP contribution in [-0.4, -0.2) is 16.9 Å². The van der Waals surface area contributed by atoms with Gasteiger partial charge in [0.25, 0.3) is 5.91 Å². The van der Waals surface area contributed by atoms with Crippen molar-refractivity contribution in [3.63, 3.8) is 0 Å². The molecule has 2 bridgehead atoms. The Bertz CT molecular complexity index is 550. The molecule has 1 aromatic rings. The summed E-state index contributed by atoms with van der Waals surface area (Å²) in [6.07, 6.45) is 5.29. The van der Waals surface area contributed by atoms with Gasteiger partial charge in [0.2, 0.25) is 0 Å². The minimum absolute atomic E-state index is 0.107. The first-order valence-corrected chi connectivity index (χ1v) is 7.35. The monoisotopic (exact) mass is 273 g/mol. The molecule has 1 aromatic heterocycles. The van der Waals surface area contributed by atoms with Crippen molar-refractivity contribution in [3.05, 3.63) is 24.0 Å². The zero-order valence-electron chi connectivity index (χ0n) is 12.4. The van der Waals surface area contributed by atoms with Crippen molar-refractivity contribution in [3.8, 4) is 0 Å². The summed E-state index contributed by atoms with van der Waals surface area (Å²) in [6.45, 7) is 6.86. The summed E-state index contributed by atoms with van der Waals surface area (Å²) in [4.78, 5) is 16.6. The summed E-state index contributed by atoms with van der Waals surface area (Å²) < 4.78 is 0. The number of nitrogens with zero attached hydrogens (tertiary/aromatic N) is 1. The molecule has 0 spiro atoms. The Kier molecular flexibility index (Phi) is 2.82. The van der Waals surface area contributed by atoms with E-state index >= 15 is 0 Å². The predicted octanol–water partition coefficient (Wildman–Crippen LogP) is 2.61. The summed E-state index contributed by atoms with van der Waals surface area (Å²) in [6, 6.07) is 3.54. The van der Waals surface area contributed by atoms with Crippen molar-refractivity contribution < 1.29 is 4.79 Å². The minimum Gasteiger partial charge on any atom is -0.399 e. The molecule has 1 amide bonds. The van der Waals surface area contributed by atoms with Gasteiger partial charge in [-0.1, -0.05) is 20.8 Å². The molecule has 3 atom stereocenters. The number of fused-ring (bicyclic) bond motifs is 2. The first kappa shape index (κ1) is 13.4. The van der Waals surface area contributed by atoms with E-state index in [1.807, 2.05) is 0 Å². The Labute approximate surface area is 120 Å². The lowest BCUT2D eigenvalue weighted by Crippen LogP contribution is -2.52. The fourth-order valence-electron chi connectivity index (χ4n) is 4.44. The number of anilines is 1. The normalized spacial score (nSPS) is 34.1. The number of carbonyl (C=O) groups is 1. The van der Waals surface area contributed by atoms with Gasteiger partial charge in [-0.15, -0.1) is 0 Å². The maximum atomic E-state index is 12.4. The molecule has 0 radical (unpaired) electrons. The lowest BCUT2D eigenvalue weighted by atomic mass is 9.68. The Hall–Kier alpha value is -1.58. The van der Waals surface area contributed by atoms with Crippen LogP contribution in [0, 0.1) is 16.7 Å². The second kappa shape index (κ2) is 4.21.